The number of benzene rings is 2. The zero-order valence-electron chi connectivity index (χ0n) is 19.2. The van der Waals surface area contributed by atoms with Gasteiger partial charge in [-0.1, -0.05) is 42.8 Å². The minimum atomic E-state index is -0.0250. The van der Waals surface area contributed by atoms with Crippen molar-refractivity contribution in [2.75, 3.05) is 18.8 Å². The highest BCUT2D eigenvalue weighted by atomic mass is 16.5. The van der Waals surface area contributed by atoms with Gasteiger partial charge in [0.25, 0.3) is 0 Å². The second kappa shape index (κ2) is 9.74. The Balaban J connectivity index is 1.44. The maximum atomic E-state index is 11.8. The summed E-state index contributed by atoms with van der Waals surface area (Å²) in [4.78, 5) is 25.5. The van der Waals surface area contributed by atoms with Crippen LogP contribution >= 0.6 is 0 Å². The van der Waals surface area contributed by atoms with Gasteiger partial charge in [-0.05, 0) is 54.7 Å². The molecule has 0 aliphatic carbocycles. The number of aromatic nitrogens is 3. The molecule has 2 aromatic heterocycles. The molecule has 174 valence electrons. The van der Waals surface area contributed by atoms with Crippen molar-refractivity contribution >= 4 is 22.8 Å². The molecule has 1 amide bonds. The van der Waals surface area contributed by atoms with Crippen LogP contribution in [0.1, 0.15) is 18.5 Å². The molecule has 7 nitrogen and oxygen atoms in total. The normalized spacial score (nSPS) is 13.8. The number of rotatable bonds is 4. The zero-order valence-corrected chi connectivity index (χ0v) is 19.2. The van der Waals surface area contributed by atoms with Gasteiger partial charge in [-0.25, -0.2) is 9.97 Å². The van der Waals surface area contributed by atoms with Crippen LogP contribution < -0.4 is 10.5 Å². The van der Waals surface area contributed by atoms with Crippen LogP contribution in [0.5, 0.6) is 11.5 Å². The predicted octanol–water partition coefficient (Wildman–Crippen LogP) is 4.78. The van der Waals surface area contributed by atoms with Crippen molar-refractivity contribution in [3.63, 3.8) is 0 Å². The number of amides is 1. The predicted molar refractivity (Wildman–Crippen MR) is 137 cm³/mol. The molecule has 1 fully saturated rings. The molecule has 3 N–H and O–H groups in total. The first-order chi connectivity index (χ1) is 17.1. The number of nitrogens with two attached hydrogens (primary N) is 1. The molecular formula is C28H25N5O2. The molecule has 0 bridgehead atoms. The molecule has 35 heavy (non-hydrogen) atoms. The maximum absolute atomic E-state index is 11.8. The smallest absolute Gasteiger partial charge is 0.245 e. The molecule has 0 unspecified atom stereocenters. The summed E-state index contributed by atoms with van der Waals surface area (Å²) >= 11 is 0. The lowest BCUT2D eigenvalue weighted by Crippen LogP contribution is -2.37. The van der Waals surface area contributed by atoms with Crippen LogP contribution in [-0.2, 0) is 4.79 Å². The monoisotopic (exact) mass is 463 g/mol. The molecule has 0 spiro atoms. The molecular weight excluding hydrogens is 438 g/mol. The maximum Gasteiger partial charge on any atom is 0.245 e. The standard InChI is InChI=1S/C28H25N5O2/c1-2-24(34)33-16-14-19(15-17-33)8-13-23-25(26-27(29)30-18-31-28(26)32-23)20-9-11-22(12-10-20)35-21-6-4-3-5-7-21/h2-7,9-12,18-19H,1,14-17H2,(H3,29,30,31,32). The number of hydrogen-bond acceptors (Lipinski definition) is 5. The van der Waals surface area contributed by atoms with E-state index >= 15 is 0 Å². The summed E-state index contributed by atoms with van der Waals surface area (Å²) < 4.78 is 5.93. The van der Waals surface area contributed by atoms with E-state index in [-0.39, 0.29) is 11.8 Å². The van der Waals surface area contributed by atoms with Crippen molar-refractivity contribution in [2.24, 2.45) is 5.92 Å². The number of nitrogens with one attached hydrogen (secondary N) is 1. The molecule has 0 saturated carbocycles. The third-order valence-electron chi connectivity index (χ3n) is 6.12. The number of fused-ring (bicyclic) bond motifs is 1. The van der Waals surface area contributed by atoms with Gasteiger partial charge in [0, 0.05) is 24.6 Å². The van der Waals surface area contributed by atoms with Crippen LogP contribution in [0, 0.1) is 17.8 Å². The Kier molecular flexibility index (Phi) is 6.18. The van der Waals surface area contributed by atoms with E-state index in [1.54, 1.807) is 0 Å². The van der Waals surface area contributed by atoms with Gasteiger partial charge in [-0.3, -0.25) is 4.79 Å². The Morgan fingerprint density at radius 1 is 1.09 bits per heavy atom. The molecule has 2 aromatic carbocycles. The first kappa shape index (κ1) is 22.2. The van der Waals surface area contributed by atoms with Crippen molar-refractivity contribution in [3.05, 3.63) is 79.3 Å². The summed E-state index contributed by atoms with van der Waals surface area (Å²) in [6.45, 7) is 4.94. The van der Waals surface area contributed by atoms with E-state index in [0.717, 1.165) is 46.5 Å². The van der Waals surface area contributed by atoms with Gasteiger partial charge in [0.1, 0.15) is 29.3 Å². The van der Waals surface area contributed by atoms with E-state index in [1.165, 1.54) is 12.4 Å². The first-order valence-electron chi connectivity index (χ1n) is 11.5. The minimum Gasteiger partial charge on any atom is -0.457 e. The van der Waals surface area contributed by atoms with Gasteiger partial charge in [-0.15, -0.1) is 0 Å². The van der Waals surface area contributed by atoms with Crippen molar-refractivity contribution in [3.8, 4) is 34.5 Å². The number of likely N-dealkylation sites (tertiary alicyclic amines) is 1. The largest absolute Gasteiger partial charge is 0.457 e. The number of para-hydroxylation sites is 1. The number of carbonyl (C=O) groups excluding carboxylic acids is 1. The van der Waals surface area contributed by atoms with E-state index in [2.05, 4.69) is 33.4 Å². The van der Waals surface area contributed by atoms with Crippen molar-refractivity contribution < 1.29 is 9.53 Å². The van der Waals surface area contributed by atoms with E-state index in [4.69, 9.17) is 10.5 Å². The van der Waals surface area contributed by atoms with Crippen LogP contribution in [-0.4, -0.2) is 38.8 Å². The Morgan fingerprint density at radius 2 is 1.80 bits per heavy atom. The number of ether oxygens (including phenoxy) is 1. The van der Waals surface area contributed by atoms with E-state index in [0.29, 0.717) is 24.6 Å². The molecule has 5 rings (SSSR count). The van der Waals surface area contributed by atoms with Gasteiger partial charge >= 0.3 is 0 Å². The number of carbonyl (C=O) groups is 1. The molecule has 0 atom stereocenters. The second-order valence-corrected chi connectivity index (χ2v) is 8.37. The Bertz CT molecular complexity index is 1420. The lowest BCUT2D eigenvalue weighted by Gasteiger charge is -2.28. The van der Waals surface area contributed by atoms with Gasteiger partial charge in [0.05, 0.1) is 11.1 Å². The third-order valence-corrected chi connectivity index (χ3v) is 6.12. The first-order valence-corrected chi connectivity index (χ1v) is 11.5. The third kappa shape index (κ3) is 4.73. The summed E-state index contributed by atoms with van der Waals surface area (Å²) in [5.74, 6) is 8.80. The Morgan fingerprint density at radius 3 is 2.51 bits per heavy atom. The number of aromatic amines is 1. The molecule has 0 radical (unpaired) electrons. The van der Waals surface area contributed by atoms with Crippen molar-refractivity contribution in [1.82, 2.24) is 19.9 Å². The van der Waals surface area contributed by atoms with Gasteiger partial charge in [0.15, 0.2) is 0 Å². The average Bonchev–Trinajstić information content (AvgIpc) is 3.28. The lowest BCUT2D eigenvalue weighted by atomic mass is 9.96. The number of anilines is 1. The molecule has 1 saturated heterocycles. The van der Waals surface area contributed by atoms with Gasteiger partial charge in [0.2, 0.25) is 5.91 Å². The number of hydrogen-bond donors (Lipinski definition) is 2. The van der Waals surface area contributed by atoms with Gasteiger partial charge in [-0.2, -0.15) is 0 Å². The topological polar surface area (TPSA) is 97.1 Å². The summed E-state index contributed by atoms with van der Waals surface area (Å²) in [7, 11) is 0. The van der Waals surface area contributed by atoms with Crippen LogP contribution in [0.3, 0.4) is 0 Å². The summed E-state index contributed by atoms with van der Waals surface area (Å²) in [5.41, 5.74) is 9.45. The van der Waals surface area contributed by atoms with Crippen molar-refractivity contribution in [1.29, 1.82) is 0 Å². The van der Waals surface area contributed by atoms with Crippen LogP contribution in [0.25, 0.3) is 22.2 Å². The molecule has 1 aliphatic heterocycles. The van der Waals surface area contributed by atoms with Crippen LogP contribution in [0.15, 0.2) is 73.6 Å². The van der Waals surface area contributed by atoms with Crippen LogP contribution in [0.2, 0.25) is 0 Å². The highest BCUT2D eigenvalue weighted by Gasteiger charge is 2.21. The fourth-order valence-electron chi connectivity index (χ4n) is 4.29. The SMILES string of the molecule is C=CC(=O)N1CCC(C#Cc2[nH]c3ncnc(N)c3c2-c2ccc(Oc3ccccc3)cc2)CC1. The molecule has 3 heterocycles. The average molecular weight is 464 g/mol. The highest BCUT2D eigenvalue weighted by molar-refractivity contribution is 6.03. The minimum absolute atomic E-state index is 0.0250. The zero-order chi connectivity index (χ0) is 24.2. The fourth-order valence-corrected chi connectivity index (χ4v) is 4.29. The molecule has 7 heteroatoms. The number of nitrogen functional groups attached to an aromatic ring is 1. The molecule has 4 aromatic rings. The van der Waals surface area contributed by atoms with E-state index < -0.39 is 0 Å². The number of nitrogens with zero attached hydrogens (tertiary/aromatic N) is 3. The number of piperidine rings is 1. The second-order valence-electron chi connectivity index (χ2n) is 8.37. The number of H-pyrrole nitrogens is 1. The highest BCUT2D eigenvalue weighted by Crippen LogP contribution is 2.35. The van der Waals surface area contributed by atoms with Crippen molar-refractivity contribution in [2.45, 2.75) is 12.8 Å². The lowest BCUT2D eigenvalue weighted by molar-refractivity contribution is -0.127. The Labute approximate surface area is 203 Å². The molecule has 1 aliphatic rings. The Hall–Kier alpha value is -4.57. The quantitative estimate of drug-likeness (QED) is 0.335. The van der Waals surface area contributed by atoms with Crippen LogP contribution in [0.4, 0.5) is 5.82 Å². The summed E-state index contributed by atoms with van der Waals surface area (Å²) in [6, 6.07) is 17.5. The summed E-state index contributed by atoms with van der Waals surface area (Å²) in [6.07, 6.45) is 4.47. The fraction of sp³-hybridized carbons (Fsp3) is 0.179. The van der Waals surface area contributed by atoms with E-state index in [1.807, 2.05) is 59.5 Å². The van der Waals surface area contributed by atoms with Gasteiger partial charge < -0.3 is 20.4 Å². The summed E-state index contributed by atoms with van der Waals surface area (Å²) in [5, 5.41) is 0.750. The van der Waals surface area contributed by atoms with E-state index in [9.17, 15) is 4.79 Å².